The van der Waals surface area contributed by atoms with Crippen LogP contribution in [0.15, 0.2) is 146 Å². The van der Waals surface area contributed by atoms with Crippen LogP contribution < -0.4 is 0 Å². The third kappa shape index (κ3) is 6.42. The molecule has 0 N–H and O–H groups in total. The molecule has 0 atom stereocenters. The predicted molar refractivity (Wildman–Crippen MR) is 163 cm³/mol. The van der Waals surface area contributed by atoms with Crippen molar-refractivity contribution in [2.75, 3.05) is 0 Å². The molecule has 0 spiro atoms. The molecule has 0 aliphatic heterocycles. The molecule has 0 saturated carbocycles. The van der Waals surface area contributed by atoms with Crippen molar-refractivity contribution in [3.8, 4) is 11.3 Å². The molecule has 3 aromatic carbocycles. The van der Waals surface area contributed by atoms with Gasteiger partial charge in [0.25, 0.3) is 0 Å². The van der Waals surface area contributed by atoms with Crippen molar-refractivity contribution in [2.45, 2.75) is 0 Å². The number of nitrogens with zero attached hydrogens (tertiary/aromatic N) is 5. The molecule has 0 fully saturated rings. The number of fused-ring (bicyclic) bond motifs is 6. The monoisotopic (exact) mass is 570 g/mol. The van der Waals surface area contributed by atoms with Gasteiger partial charge in [0.05, 0.1) is 22.1 Å². The smallest absolute Gasteiger partial charge is 0.0964 e. The quantitative estimate of drug-likeness (QED) is 0.113. The summed E-state index contributed by atoms with van der Waals surface area (Å²) in [6, 6.07) is 41.1. The molecule has 0 bridgehead atoms. The number of hydrogen-bond acceptors (Lipinski definition) is 5. The number of aromatic nitrogens is 5. The molecule has 0 aliphatic carbocycles. The van der Waals surface area contributed by atoms with E-state index in [2.05, 4.69) is 79.5 Å². The SMILES string of the molecule is [Fe].[c-]1ccccc1-c1ccccn1.c1cnc2c(c1)ccc1cccnc12.c1cnc2c(c1)ccc1cccnc12. The van der Waals surface area contributed by atoms with Crippen LogP contribution in [0.5, 0.6) is 0 Å². The van der Waals surface area contributed by atoms with E-state index in [0.717, 1.165) is 54.9 Å². The second-order valence-electron chi connectivity index (χ2n) is 8.92. The first-order chi connectivity index (χ1) is 19.9. The van der Waals surface area contributed by atoms with Crippen LogP contribution in [-0.4, -0.2) is 24.9 Å². The molecule has 0 radical (unpaired) electrons. The van der Waals surface area contributed by atoms with Gasteiger partial charge in [0, 0.05) is 69.6 Å². The Hall–Kier alpha value is -5.03. The second-order valence-corrected chi connectivity index (χ2v) is 8.92. The van der Waals surface area contributed by atoms with E-state index >= 15 is 0 Å². The van der Waals surface area contributed by atoms with E-state index in [1.54, 1.807) is 31.0 Å². The van der Waals surface area contributed by atoms with Gasteiger partial charge in [-0.2, -0.15) is 0 Å². The molecule has 0 amide bonds. The number of pyridine rings is 5. The zero-order chi connectivity index (χ0) is 27.0. The molecule has 0 unspecified atom stereocenters. The van der Waals surface area contributed by atoms with E-state index < -0.39 is 0 Å². The van der Waals surface area contributed by atoms with Gasteiger partial charge < -0.3 is 4.98 Å². The summed E-state index contributed by atoms with van der Waals surface area (Å²) >= 11 is 0. The Labute approximate surface area is 248 Å². The molecule has 5 heterocycles. The first-order valence-corrected chi connectivity index (χ1v) is 12.9. The molecule has 6 heteroatoms. The molecular weight excluding hydrogens is 546 g/mol. The maximum atomic E-state index is 4.35. The Morgan fingerprint density at radius 1 is 0.366 bits per heavy atom. The summed E-state index contributed by atoms with van der Waals surface area (Å²) in [6.07, 6.45) is 9.00. The fraction of sp³-hybridized carbons (Fsp3) is 0. The van der Waals surface area contributed by atoms with Crippen molar-refractivity contribution in [2.24, 2.45) is 0 Å². The van der Waals surface area contributed by atoms with E-state index in [1.165, 1.54) is 0 Å². The molecule has 5 nitrogen and oxygen atoms in total. The van der Waals surface area contributed by atoms with Crippen LogP contribution in [-0.2, 0) is 17.1 Å². The van der Waals surface area contributed by atoms with Gasteiger partial charge in [-0.1, -0.05) is 60.7 Å². The molecule has 41 heavy (non-hydrogen) atoms. The Balaban J connectivity index is 0.000000123. The van der Waals surface area contributed by atoms with Crippen LogP contribution >= 0.6 is 0 Å². The summed E-state index contributed by atoms with van der Waals surface area (Å²) in [4.78, 5) is 21.6. The minimum atomic E-state index is 0. The van der Waals surface area contributed by atoms with Crippen LogP contribution in [0.25, 0.3) is 54.9 Å². The summed E-state index contributed by atoms with van der Waals surface area (Å²) in [7, 11) is 0. The van der Waals surface area contributed by atoms with Gasteiger partial charge >= 0.3 is 0 Å². The van der Waals surface area contributed by atoms with E-state index in [1.807, 2.05) is 66.7 Å². The average molecular weight is 570 g/mol. The van der Waals surface area contributed by atoms with Gasteiger partial charge in [-0.15, -0.1) is 35.9 Å². The summed E-state index contributed by atoms with van der Waals surface area (Å²) in [5.41, 5.74) is 5.92. The Morgan fingerprint density at radius 2 is 0.780 bits per heavy atom. The molecule has 0 saturated heterocycles. The van der Waals surface area contributed by atoms with E-state index in [-0.39, 0.29) is 17.1 Å². The van der Waals surface area contributed by atoms with Crippen LogP contribution in [0.4, 0.5) is 0 Å². The fourth-order valence-electron chi connectivity index (χ4n) is 4.43. The maximum Gasteiger partial charge on any atom is 0.0964 e. The van der Waals surface area contributed by atoms with Gasteiger partial charge in [-0.05, 0) is 36.0 Å². The van der Waals surface area contributed by atoms with Crippen molar-refractivity contribution < 1.29 is 17.1 Å². The topological polar surface area (TPSA) is 64.5 Å². The third-order valence-corrected chi connectivity index (χ3v) is 6.34. The van der Waals surface area contributed by atoms with Crippen molar-refractivity contribution in [1.82, 2.24) is 24.9 Å². The van der Waals surface area contributed by atoms with Crippen LogP contribution in [0.1, 0.15) is 0 Å². The minimum absolute atomic E-state index is 0. The normalized spacial score (nSPS) is 10.2. The maximum absolute atomic E-state index is 4.35. The van der Waals surface area contributed by atoms with Crippen LogP contribution in [0.2, 0.25) is 0 Å². The predicted octanol–water partition coefficient (Wildman–Crippen LogP) is 8.11. The molecule has 198 valence electrons. The molecule has 8 rings (SSSR count). The zero-order valence-electron chi connectivity index (χ0n) is 21.9. The molecular formula is C35H24FeN5-. The minimum Gasteiger partial charge on any atom is -0.305 e. The number of benzene rings is 3. The molecule has 0 aliphatic rings. The molecule has 8 aromatic rings. The summed E-state index contributed by atoms with van der Waals surface area (Å²) in [6.45, 7) is 0. The van der Waals surface area contributed by atoms with E-state index in [0.29, 0.717) is 0 Å². The summed E-state index contributed by atoms with van der Waals surface area (Å²) in [5, 5.41) is 4.55. The van der Waals surface area contributed by atoms with Crippen LogP contribution in [0.3, 0.4) is 0 Å². The second kappa shape index (κ2) is 13.4. The van der Waals surface area contributed by atoms with Gasteiger partial charge in [0.15, 0.2) is 0 Å². The Bertz CT molecular complexity index is 1760. The molecule has 5 aromatic heterocycles. The number of rotatable bonds is 1. The Kier molecular flexibility index (Phi) is 8.97. The number of hydrogen-bond donors (Lipinski definition) is 0. The van der Waals surface area contributed by atoms with Crippen molar-refractivity contribution in [3.63, 3.8) is 0 Å². The first-order valence-electron chi connectivity index (χ1n) is 12.9. The first kappa shape index (κ1) is 27.5. The third-order valence-electron chi connectivity index (χ3n) is 6.34. The standard InChI is InChI=1S/2C12H8N2.C11H8N.Fe/c2*1-3-9-5-6-10-4-2-8-14-12(10)11(9)13-7-1;1-2-6-10(7-3-1)11-8-4-5-9-12-11;/h2*1-8H;1-6,8-9H;/q;;-1;. The summed E-state index contributed by atoms with van der Waals surface area (Å²) in [5.74, 6) is 0. The van der Waals surface area contributed by atoms with Gasteiger partial charge in [0.1, 0.15) is 0 Å². The zero-order valence-corrected chi connectivity index (χ0v) is 23.1. The van der Waals surface area contributed by atoms with Crippen molar-refractivity contribution in [3.05, 3.63) is 152 Å². The fourth-order valence-corrected chi connectivity index (χ4v) is 4.43. The largest absolute Gasteiger partial charge is 0.305 e. The van der Waals surface area contributed by atoms with Gasteiger partial charge in [0.2, 0.25) is 0 Å². The van der Waals surface area contributed by atoms with Crippen molar-refractivity contribution in [1.29, 1.82) is 0 Å². The summed E-state index contributed by atoms with van der Waals surface area (Å²) < 4.78 is 0. The van der Waals surface area contributed by atoms with Crippen molar-refractivity contribution >= 4 is 43.6 Å². The van der Waals surface area contributed by atoms with E-state index in [9.17, 15) is 0 Å². The van der Waals surface area contributed by atoms with Gasteiger partial charge in [-0.3, -0.25) is 19.9 Å². The Morgan fingerprint density at radius 3 is 1.15 bits per heavy atom. The van der Waals surface area contributed by atoms with E-state index in [4.69, 9.17) is 0 Å². The van der Waals surface area contributed by atoms with Gasteiger partial charge in [-0.25, -0.2) is 0 Å². The average Bonchev–Trinajstić information content (AvgIpc) is 3.06. The van der Waals surface area contributed by atoms with Crippen LogP contribution in [0, 0.1) is 6.07 Å².